The van der Waals surface area contributed by atoms with Gasteiger partial charge in [0.2, 0.25) is 0 Å². The van der Waals surface area contributed by atoms with Gasteiger partial charge in [0.05, 0.1) is 19.8 Å². The first kappa shape index (κ1) is 24.1. The third-order valence-electron chi connectivity index (χ3n) is 5.33. The zero-order chi connectivity index (χ0) is 22.2. The van der Waals surface area contributed by atoms with Crippen LogP contribution in [0.15, 0.2) is 0 Å². The monoisotopic (exact) mass is 444 g/mol. The summed E-state index contributed by atoms with van der Waals surface area (Å²) in [5, 5.41) is 88.6. The maximum absolute atomic E-state index is 10.5. The second kappa shape index (κ2) is 9.93. The minimum absolute atomic E-state index is 0.353. The molecule has 0 saturated carbocycles. The molecule has 3 aliphatic rings. The van der Waals surface area contributed by atoms with E-state index < -0.39 is 86.5 Å². The molecule has 14 nitrogen and oxygen atoms in total. The van der Waals surface area contributed by atoms with Gasteiger partial charge in [-0.25, -0.2) is 0 Å². The van der Waals surface area contributed by atoms with Crippen molar-refractivity contribution in [3.05, 3.63) is 0 Å². The van der Waals surface area contributed by atoms with E-state index in [4.69, 9.17) is 23.7 Å². The number of hydrogen-bond donors (Lipinski definition) is 9. The quantitative estimate of drug-likeness (QED) is 0.192. The van der Waals surface area contributed by atoms with Crippen molar-refractivity contribution in [1.29, 1.82) is 0 Å². The summed E-state index contributed by atoms with van der Waals surface area (Å²) >= 11 is 0. The Kier molecular flexibility index (Phi) is 7.97. The number of ether oxygens (including phenoxy) is 5. The zero-order valence-corrected chi connectivity index (χ0v) is 15.7. The highest BCUT2D eigenvalue weighted by atomic mass is 16.7. The lowest BCUT2D eigenvalue weighted by molar-refractivity contribution is -0.364. The van der Waals surface area contributed by atoms with Crippen LogP contribution in [0.25, 0.3) is 0 Å². The first-order chi connectivity index (χ1) is 14.1. The number of aliphatic hydroxyl groups is 9. The molecule has 3 saturated heterocycles. The van der Waals surface area contributed by atoms with Gasteiger partial charge in [0, 0.05) is 0 Å². The van der Waals surface area contributed by atoms with Crippen LogP contribution in [0.2, 0.25) is 0 Å². The Labute approximate surface area is 170 Å². The molecule has 3 heterocycles. The molecule has 0 aromatic heterocycles. The van der Waals surface area contributed by atoms with E-state index in [1.54, 1.807) is 0 Å². The van der Waals surface area contributed by atoms with Crippen molar-refractivity contribution in [2.45, 2.75) is 79.9 Å². The van der Waals surface area contributed by atoms with Crippen LogP contribution in [-0.2, 0) is 23.7 Å². The maximum Gasteiger partial charge on any atom is 0.187 e. The third-order valence-corrected chi connectivity index (χ3v) is 5.33. The van der Waals surface area contributed by atoms with Crippen molar-refractivity contribution in [2.24, 2.45) is 0 Å². The fraction of sp³-hybridized carbons (Fsp3) is 1.00. The average Bonchev–Trinajstić information content (AvgIpc) is 2.73. The van der Waals surface area contributed by atoms with Gasteiger partial charge < -0.3 is 69.6 Å². The highest BCUT2D eigenvalue weighted by molar-refractivity contribution is 4.93. The minimum Gasteiger partial charge on any atom is -0.394 e. The molecule has 0 amide bonds. The van der Waals surface area contributed by atoms with Gasteiger partial charge in [0.25, 0.3) is 0 Å². The molecule has 0 aliphatic carbocycles. The lowest BCUT2D eigenvalue weighted by Crippen LogP contribution is -2.64. The van der Waals surface area contributed by atoms with Crippen LogP contribution in [0.5, 0.6) is 0 Å². The third kappa shape index (κ3) is 4.77. The van der Waals surface area contributed by atoms with E-state index in [9.17, 15) is 46.0 Å². The van der Waals surface area contributed by atoms with Gasteiger partial charge in [-0.3, -0.25) is 0 Å². The fourth-order valence-corrected chi connectivity index (χ4v) is 3.46. The maximum atomic E-state index is 10.5. The predicted molar refractivity (Wildman–Crippen MR) is 89.2 cm³/mol. The Balaban J connectivity index is 1.65. The first-order valence-corrected chi connectivity index (χ1v) is 9.40. The van der Waals surface area contributed by atoms with Gasteiger partial charge in [-0.1, -0.05) is 0 Å². The molecular formula is C16H28O14. The van der Waals surface area contributed by atoms with Crippen LogP contribution >= 0.6 is 0 Å². The highest BCUT2D eigenvalue weighted by Crippen LogP contribution is 2.29. The van der Waals surface area contributed by atoms with Crippen LogP contribution in [0.3, 0.4) is 0 Å². The standard InChI is InChI=1S/C16H28O14/c17-1-5-13(30-15-11(23)7(19)4(18)2-27-15)9(21)12(24)16(28-5)29-6-3-26-14(25)10(22)8(6)20/h4-25H,1-3H2/t4-,5-,6-,7+,8+,9-,10-,11-,12-,13-,14?,15+,16+/m1/s1. The summed E-state index contributed by atoms with van der Waals surface area (Å²) in [5.41, 5.74) is 0. The molecular weight excluding hydrogens is 416 g/mol. The summed E-state index contributed by atoms with van der Waals surface area (Å²) in [7, 11) is 0. The summed E-state index contributed by atoms with van der Waals surface area (Å²) < 4.78 is 26.1. The number of hydrogen-bond acceptors (Lipinski definition) is 14. The molecule has 0 spiro atoms. The number of aliphatic hydroxyl groups excluding tert-OH is 9. The van der Waals surface area contributed by atoms with Gasteiger partial charge in [0.1, 0.15) is 61.0 Å². The predicted octanol–water partition coefficient (Wildman–Crippen LogP) is -6.29. The normalized spacial score (nSPS) is 52.9. The number of rotatable bonds is 5. The van der Waals surface area contributed by atoms with E-state index in [-0.39, 0.29) is 13.2 Å². The van der Waals surface area contributed by atoms with Gasteiger partial charge >= 0.3 is 0 Å². The van der Waals surface area contributed by atoms with Crippen LogP contribution in [0.1, 0.15) is 0 Å². The van der Waals surface area contributed by atoms with E-state index >= 15 is 0 Å². The SMILES string of the molecule is OC[C@H]1O[C@@H](O[C@@H]2COC(O)[C@H](O)[C@H]2O)[C@H](O)[C@@H](O)[C@@H]1O[C@@H]1OC[C@@H](O)[C@H](O)[C@H]1O. The Morgan fingerprint density at radius 2 is 1.33 bits per heavy atom. The summed E-state index contributed by atoms with van der Waals surface area (Å²) in [6.45, 7) is -1.43. The van der Waals surface area contributed by atoms with E-state index in [0.717, 1.165) is 0 Å². The van der Waals surface area contributed by atoms with Gasteiger partial charge in [-0.15, -0.1) is 0 Å². The van der Waals surface area contributed by atoms with E-state index in [1.807, 2.05) is 0 Å². The Morgan fingerprint density at radius 3 is 2.00 bits per heavy atom. The first-order valence-electron chi connectivity index (χ1n) is 9.40. The van der Waals surface area contributed by atoms with Gasteiger partial charge in [-0.2, -0.15) is 0 Å². The molecule has 0 aromatic rings. The second-order valence-electron chi connectivity index (χ2n) is 7.44. The molecule has 3 fully saturated rings. The van der Waals surface area contributed by atoms with Crippen molar-refractivity contribution in [1.82, 2.24) is 0 Å². The fourth-order valence-electron chi connectivity index (χ4n) is 3.46. The highest BCUT2D eigenvalue weighted by Gasteiger charge is 2.50. The van der Waals surface area contributed by atoms with Crippen molar-refractivity contribution in [3.8, 4) is 0 Å². The lowest BCUT2D eigenvalue weighted by atomic mass is 9.98. The van der Waals surface area contributed by atoms with Crippen molar-refractivity contribution < 1.29 is 69.6 Å². The molecule has 0 bridgehead atoms. The summed E-state index contributed by atoms with van der Waals surface area (Å²) in [5.74, 6) is 0. The molecule has 14 heteroatoms. The van der Waals surface area contributed by atoms with Crippen LogP contribution in [0.4, 0.5) is 0 Å². The molecule has 13 atom stereocenters. The Bertz CT molecular complexity index is 550. The smallest absolute Gasteiger partial charge is 0.187 e. The van der Waals surface area contributed by atoms with E-state index in [2.05, 4.69) is 0 Å². The lowest BCUT2D eigenvalue weighted by Gasteiger charge is -2.46. The topological polar surface area (TPSA) is 228 Å². The molecule has 30 heavy (non-hydrogen) atoms. The van der Waals surface area contributed by atoms with Crippen molar-refractivity contribution in [3.63, 3.8) is 0 Å². The van der Waals surface area contributed by atoms with E-state index in [1.165, 1.54) is 0 Å². The molecule has 9 N–H and O–H groups in total. The van der Waals surface area contributed by atoms with Crippen LogP contribution < -0.4 is 0 Å². The second-order valence-corrected chi connectivity index (χ2v) is 7.44. The molecule has 0 radical (unpaired) electrons. The van der Waals surface area contributed by atoms with Gasteiger partial charge in [-0.05, 0) is 0 Å². The molecule has 3 aliphatic heterocycles. The van der Waals surface area contributed by atoms with Crippen LogP contribution in [-0.4, -0.2) is 146 Å². The summed E-state index contributed by atoms with van der Waals surface area (Å²) in [4.78, 5) is 0. The molecule has 3 rings (SSSR count). The summed E-state index contributed by atoms with van der Waals surface area (Å²) in [6, 6.07) is 0. The zero-order valence-electron chi connectivity index (χ0n) is 15.7. The Morgan fingerprint density at radius 1 is 0.667 bits per heavy atom. The van der Waals surface area contributed by atoms with E-state index in [0.29, 0.717) is 0 Å². The van der Waals surface area contributed by atoms with Gasteiger partial charge in [0.15, 0.2) is 18.9 Å². The van der Waals surface area contributed by atoms with Crippen molar-refractivity contribution in [2.75, 3.05) is 19.8 Å². The molecule has 1 unspecified atom stereocenters. The molecule has 176 valence electrons. The largest absolute Gasteiger partial charge is 0.394 e. The minimum atomic E-state index is -1.76. The Hall–Kier alpha value is -0.560. The van der Waals surface area contributed by atoms with Crippen molar-refractivity contribution >= 4 is 0 Å². The average molecular weight is 444 g/mol. The molecule has 0 aromatic carbocycles. The summed E-state index contributed by atoms with van der Waals surface area (Å²) in [6.07, 6.45) is -20.0. The van der Waals surface area contributed by atoms with Crippen LogP contribution in [0, 0.1) is 0 Å².